The molecule has 5 rings (SSSR count). The molecule has 2 atom stereocenters. The Labute approximate surface area is 200 Å². The minimum atomic E-state index is -0.938. The van der Waals surface area contributed by atoms with Gasteiger partial charge in [0, 0.05) is 11.6 Å². The highest BCUT2D eigenvalue weighted by Crippen LogP contribution is 2.35. The number of amides is 2. The fraction of sp³-hybridized carbons (Fsp3) is 0.304. The Bertz CT molecular complexity index is 1310. The first-order valence-electron chi connectivity index (χ1n) is 10.9. The van der Waals surface area contributed by atoms with E-state index in [9.17, 15) is 9.59 Å². The van der Waals surface area contributed by atoms with Gasteiger partial charge in [-0.15, -0.1) is 0 Å². The van der Waals surface area contributed by atoms with E-state index in [2.05, 4.69) is 20.5 Å². The number of nitrogens with zero attached hydrogens (tertiary/aromatic N) is 6. The largest absolute Gasteiger partial charge is 0.497 e. The van der Waals surface area contributed by atoms with Crippen LogP contribution in [0.4, 0.5) is 5.69 Å². The van der Waals surface area contributed by atoms with Gasteiger partial charge in [0.25, 0.3) is 11.8 Å². The molecule has 2 aliphatic heterocycles. The van der Waals surface area contributed by atoms with Gasteiger partial charge in [-0.3, -0.25) is 14.6 Å². The number of benzene rings is 2. The number of fused-ring (bicyclic) bond motifs is 1. The minimum Gasteiger partial charge on any atom is -0.497 e. The van der Waals surface area contributed by atoms with Crippen LogP contribution in [-0.4, -0.2) is 59.9 Å². The Balaban J connectivity index is 1.34. The molecule has 0 spiro atoms. The van der Waals surface area contributed by atoms with E-state index in [1.165, 1.54) is 12.1 Å². The summed E-state index contributed by atoms with van der Waals surface area (Å²) in [5.41, 5.74) is 1.07. The summed E-state index contributed by atoms with van der Waals surface area (Å²) in [5.74, 6) is 1.34. The predicted molar refractivity (Wildman–Crippen MR) is 121 cm³/mol. The lowest BCUT2D eigenvalue weighted by Crippen LogP contribution is -2.39. The van der Waals surface area contributed by atoms with Crippen LogP contribution in [0.2, 0.25) is 0 Å². The van der Waals surface area contributed by atoms with E-state index in [4.69, 9.17) is 18.7 Å². The molecule has 1 saturated heterocycles. The van der Waals surface area contributed by atoms with Gasteiger partial charge < -0.3 is 18.7 Å². The van der Waals surface area contributed by atoms with Crippen LogP contribution < -0.4 is 19.1 Å². The van der Waals surface area contributed by atoms with Crippen molar-refractivity contribution in [3.63, 3.8) is 0 Å². The summed E-state index contributed by atoms with van der Waals surface area (Å²) < 4.78 is 21.5. The molecule has 3 heterocycles. The molecule has 0 aliphatic carbocycles. The fourth-order valence-corrected chi connectivity index (χ4v) is 4.01. The Morgan fingerprint density at radius 1 is 1.03 bits per heavy atom. The van der Waals surface area contributed by atoms with Crippen molar-refractivity contribution in [2.24, 2.45) is 10.3 Å². The molecule has 12 heteroatoms. The predicted octanol–water partition coefficient (Wildman–Crippen LogP) is 2.65. The van der Waals surface area contributed by atoms with E-state index in [1.54, 1.807) is 49.6 Å². The van der Waals surface area contributed by atoms with E-state index in [1.807, 2.05) is 6.92 Å². The third-order valence-corrected chi connectivity index (χ3v) is 5.66. The summed E-state index contributed by atoms with van der Waals surface area (Å²) in [5, 5.41) is 13.5. The molecule has 1 fully saturated rings. The first-order chi connectivity index (χ1) is 17.0. The van der Waals surface area contributed by atoms with Gasteiger partial charge in [0.2, 0.25) is 11.7 Å². The van der Waals surface area contributed by atoms with E-state index >= 15 is 0 Å². The number of methoxy groups -OCH3 is 2. The Morgan fingerprint density at radius 3 is 2.66 bits per heavy atom. The first-order valence-corrected chi connectivity index (χ1v) is 10.9. The number of anilines is 1. The SMILES string of the molecule is CCOc1ccc(-c2noc(CN3N=N[C@H]4C(=O)N(c5cccc(OC)c5)C(=O)[C@@H]43)n2)cc1OC. The number of rotatable bonds is 8. The second-order valence-electron chi connectivity index (χ2n) is 7.72. The zero-order valence-electron chi connectivity index (χ0n) is 19.2. The molecular weight excluding hydrogens is 456 g/mol. The van der Waals surface area contributed by atoms with Crippen LogP contribution in [0.15, 0.2) is 57.3 Å². The summed E-state index contributed by atoms with van der Waals surface area (Å²) >= 11 is 0. The zero-order chi connectivity index (χ0) is 24.5. The van der Waals surface area contributed by atoms with Gasteiger partial charge in [0.15, 0.2) is 23.6 Å². The highest BCUT2D eigenvalue weighted by molar-refractivity contribution is 6.25. The van der Waals surface area contributed by atoms with Gasteiger partial charge in [0.1, 0.15) is 12.3 Å². The van der Waals surface area contributed by atoms with Crippen LogP contribution in [0.3, 0.4) is 0 Å². The number of carbonyl (C=O) groups excluding carboxylic acids is 2. The number of aromatic nitrogens is 2. The van der Waals surface area contributed by atoms with Crippen LogP contribution in [0.25, 0.3) is 11.4 Å². The number of hydrogen-bond acceptors (Lipinski definition) is 11. The number of hydrogen-bond donors (Lipinski definition) is 0. The van der Waals surface area contributed by atoms with Crippen LogP contribution in [0.1, 0.15) is 12.8 Å². The molecular formula is C23H22N6O6. The molecule has 180 valence electrons. The standard InChI is InChI=1S/C23H22N6O6/c1-4-34-16-9-8-13(10-17(16)33-3)21-24-18(35-26-21)12-28-20-19(25-27-28)22(30)29(23(20)31)14-6-5-7-15(11-14)32-2/h5-11,19-20H,4,12H2,1-3H3/t19-,20-/m1/s1. The normalized spacial score (nSPS) is 18.8. The highest BCUT2D eigenvalue weighted by Gasteiger charge is 2.55. The van der Waals surface area contributed by atoms with Crippen LogP contribution in [0.5, 0.6) is 17.2 Å². The van der Waals surface area contributed by atoms with E-state index in [0.29, 0.717) is 40.9 Å². The molecule has 0 N–H and O–H groups in total. The average Bonchev–Trinajstić information content (AvgIpc) is 3.57. The van der Waals surface area contributed by atoms with Gasteiger partial charge >= 0.3 is 0 Å². The van der Waals surface area contributed by atoms with E-state index in [-0.39, 0.29) is 12.4 Å². The van der Waals surface area contributed by atoms with Crippen LogP contribution in [0, 0.1) is 0 Å². The van der Waals surface area contributed by atoms with Gasteiger partial charge in [0.05, 0.1) is 26.5 Å². The minimum absolute atomic E-state index is 0.0107. The van der Waals surface area contributed by atoms with Crippen molar-refractivity contribution in [1.29, 1.82) is 0 Å². The van der Waals surface area contributed by atoms with E-state index in [0.717, 1.165) is 4.90 Å². The lowest BCUT2D eigenvalue weighted by molar-refractivity contribution is -0.123. The quantitative estimate of drug-likeness (QED) is 0.448. The second kappa shape index (κ2) is 9.05. The lowest BCUT2D eigenvalue weighted by Gasteiger charge is -2.19. The number of ether oxygens (including phenoxy) is 3. The molecule has 3 aromatic rings. The zero-order valence-corrected chi connectivity index (χ0v) is 19.2. The van der Waals surface area contributed by atoms with Crippen molar-refractivity contribution in [3.8, 4) is 28.6 Å². The Morgan fingerprint density at radius 2 is 1.89 bits per heavy atom. The maximum absolute atomic E-state index is 13.2. The Kier molecular flexibility index (Phi) is 5.77. The molecule has 0 bridgehead atoms. The van der Waals surface area contributed by atoms with Gasteiger partial charge in [-0.2, -0.15) is 10.1 Å². The van der Waals surface area contributed by atoms with Crippen LogP contribution >= 0.6 is 0 Å². The molecule has 12 nitrogen and oxygen atoms in total. The van der Waals surface area contributed by atoms with Gasteiger partial charge in [-0.1, -0.05) is 16.4 Å². The Hall–Kier alpha value is -4.48. The van der Waals surface area contributed by atoms with Crippen molar-refractivity contribution in [1.82, 2.24) is 15.1 Å². The molecule has 35 heavy (non-hydrogen) atoms. The van der Waals surface area contributed by atoms with Crippen LogP contribution in [-0.2, 0) is 16.1 Å². The summed E-state index contributed by atoms with van der Waals surface area (Å²) in [6.45, 7) is 2.40. The van der Waals surface area contributed by atoms with E-state index < -0.39 is 23.9 Å². The molecule has 2 aromatic carbocycles. The van der Waals surface area contributed by atoms with Gasteiger partial charge in [-0.25, -0.2) is 4.90 Å². The van der Waals surface area contributed by atoms with Crippen molar-refractivity contribution in [3.05, 3.63) is 48.4 Å². The maximum Gasteiger partial charge on any atom is 0.263 e. The monoisotopic (exact) mass is 478 g/mol. The van der Waals surface area contributed by atoms with Gasteiger partial charge in [-0.05, 0) is 37.3 Å². The summed E-state index contributed by atoms with van der Waals surface area (Å²) in [6.07, 6.45) is 0. The molecule has 2 amide bonds. The molecule has 2 aliphatic rings. The molecule has 0 radical (unpaired) electrons. The summed E-state index contributed by atoms with van der Waals surface area (Å²) in [6, 6.07) is 10.2. The summed E-state index contributed by atoms with van der Waals surface area (Å²) in [4.78, 5) is 31.6. The molecule has 1 aromatic heterocycles. The van der Waals surface area contributed by atoms with Crippen molar-refractivity contribution in [2.75, 3.05) is 25.7 Å². The molecule has 0 unspecified atom stereocenters. The highest BCUT2D eigenvalue weighted by atomic mass is 16.5. The van der Waals surface area contributed by atoms with Crippen molar-refractivity contribution < 1.29 is 28.3 Å². The topological polar surface area (TPSA) is 132 Å². The molecule has 0 saturated carbocycles. The number of imide groups is 1. The maximum atomic E-state index is 13.2. The third-order valence-electron chi connectivity index (χ3n) is 5.66. The second-order valence-corrected chi connectivity index (χ2v) is 7.72. The average molecular weight is 478 g/mol. The summed E-state index contributed by atoms with van der Waals surface area (Å²) in [7, 11) is 3.06. The van der Waals surface area contributed by atoms with Crippen molar-refractivity contribution in [2.45, 2.75) is 25.6 Å². The smallest absolute Gasteiger partial charge is 0.263 e. The lowest BCUT2D eigenvalue weighted by atomic mass is 10.1. The first kappa shape index (κ1) is 22.3. The third kappa shape index (κ3) is 3.92. The fourth-order valence-electron chi connectivity index (χ4n) is 4.01. The number of carbonyl (C=O) groups is 2. The van der Waals surface area contributed by atoms with Crippen molar-refractivity contribution >= 4 is 17.5 Å².